The Hall–Kier alpha value is -1.83. The molecule has 1 aliphatic rings. The average Bonchev–Trinajstić information content (AvgIpc) is 2.99. The minimum atomic E-state index is 0.00727. The molecule has 110 valence electrons. The van der Waals surface area contributed by atoms with Gasteiger partial charge in [0.2, 0.25) is 0 Å². The molecule has 1 aliphatic carbocycles. The first-order valence-corrected chi connectivity index (χ1v) is 8.38. The van der Waals surface area contributed by atoms with E-state index in [2.05, 4.69) is 11.1 Å². The number of hydrogen-bond acceptors (Lipinski definition) is 4. The molecule has 0 spiro atoms. The Balaban J connectivity index is 1.75. The van der Waals surface area contributed by atoms with Gasteiger partial charge in [0.15, 0.2) is 5.78 Å². The number of carbonyl (C=O) groups excluding carboxylic acids is 1. The van der Waals surface area contributed by atoms with Crippen LogP contribution in [0.2, 0.25) is 5.02 Å². The molecular formula is C17H13ClN2OS. The lowest BCUT2D eigenvalue weighted by atomic mass is 10.1. The zero-order valence-corrected chi connectivity index (χ0v) is 13.4. The van der Waals surface area contributed by atoms with Gasteiger partial charge >= 0.3 is 0 Å². The number of ketones is 1. The SMILES string of the molecule is N#Cc1cc2c(nc1SCC(=O)c1ccc(Cl)cc1)CCC2. The molecule has 0 radical (unpaired) electrons. The first kappa shape index (κ1) is 15.1. The molecule has 0 fully saturated rings. The monoisotopic (exact) mass is 328 g/mol. The Morgan fingerprint density at radius 2 is 2.09 bits per heavy atom. The molecule has 0 saturated heterocycles. The van der Waals surface area contributed by atoms with Gasteiger partial charge in [-0.1, -0.05) is 23.4 Å². The van der Waals surface area contributed by atoms with Crippen molar-refractivity contribution in [3.8, 4) is 6.07 Å². The van der Waals surface area contributed by atoms with Crippen molar-refractivity contribution in [3.05, 3.63) is 57.7 Å². The summed E-state index contributed by atoms with van der Waals surface area (Å²) < 4.78 is 0. The summed E-state index contributed by atoms with van der Waals surface area (Å²) in [5, 5.41) is 10.5. The number of Topliss-reactive ketones (excluding diaryl/α,β-unsaturated/α-hetero) is 1. The van der Waals surface area contributed by atoms with E-state index in [9.17, 15) is 10.1 Å². The summed E-state index contributed by atoms with van der Waals surface area (Å²) in [5.74, 6) is 0.273. The van der Waals surface area contributed by atoms with Gasteiger partial charge in [0.1, 0.15) is 11.1 Å². The highest BCUT2D eigenvalue weighted by Crippen LogP contribution is 2.28. The quantitative estimate of drug-likeness (QED) is 0.627. The molecule has 1 aromatic heterocycles. The lowest BCUT2D eigenvalue weighted by Crippen LogP contribution is -2.03. The fourth-order valence-electron chi connectivity index (χ4n) is 2.50. The molecule has 3 nitrogen and oxygen atoms in total. The smallest absolute Gasteiger partial charge is 0.173 e. The molecule has 0 bridgehead atoms. The van der Waals surface area contributed by atoms with Gasteiger partial charge in [0.05, 0.1) is 11.3 Å². The molecule has 0 amide bonds. The van der Waals surface area contributed by atoms with Crippen molar-refractivity contribution in [1.29, 1.82) is 5.26 Å². The molecule has 0 saturated carbocycles. The number of nitriles is 1. The third-order valence-corrected chi connectivity index (χ3v) is 4.89. The van der Waals surface area contributed by atoms with E-state index in [0.29, 0.717) is 21.2 Å². The summed E-state index contributed by atoms with van der Waals surface area (Å²) >= 11 is 7.15. The lowest BCUT2D eigenvalue weighted by Gasteiger charge is -2.06. The predicted octanol–water partition coefficient (Wildman–Crippen LogP) is 4.07. The maximum absolute atomic E-state index is 12.2. The maximum Gasteiger partial charge on any atom is 0.173 e. The summed E-state index contributed by atoms with van der Waals surface area (Å²) in [4.78, 5) is 16.8. The van der Waals surface area contributed by atoms with Gasteiger partial charge in [0.25, 0.3) is 0 Å². The minimum absolute atomic E-state index is 0.00727. The van der Waals surface area contributed by atoms with Gasteiger partial charge in [-0.2, -0.15) is 5.26 Å². The van der Waals surface area contributed by atoms with Gasteiger partial charge in [-0.3, -0.25) is 4.79 Å². The van der Waals surface area contributed by atoms with E-state index in [-0.39, 0.29) is 11.5 Å². The van der Waals surface area contributed by atoms with Gasteiger partial charge < -0.3 is 0 Å². The second kappa shape index (κ2) is 6.51. The zero-order valence-electron chi connectivity index (χ0n) is 11.8. The normalized spacial score (nSPS) is 12.7. The number of thioether (sulfide) groups is 1. The second-order valence-corrected chi connectivity index (χ2v) is 6.53. The molecule has 3 rings (SSSR count). The Morgan fingerprint density at radius 1 is 1.32 bits per heavy atom. The van der Waals surface area contributed by atoms with Gasteiger partial charge in [0, 0.05) is 16.3 Å². The van der Waals surface area contributed by atoms with Crippen LogP contribution in [-0.2, 0) is 12.8 Å². The van der Waals surface area contributed by atoms with Crippen LogP contribution in [-0.4, -0.2) is 16.5 Å². The molecule has 1 aromatic carbocycles. The van der Waals surface area contributed by atoms with Gasteiger partial charge in [-0.05, 0) is 55.2 Å². The molecule has 0 atom stereocenters. The van der Waals surface area contributed by atoms with E-state index < -0.39 is 0 Å². The van der Waals surface area contributed by atoms with E-state index >= 15 is 0 Å². The first-order chi connectivity index (χ1) is 10.7. The van der Waals surface area contributed by atoms with Crippen LogP contribution in [0, 0.1) is 11.3 Å². The second-order valence-electron chi connectivity index (χ2n) is 5.13. The van der Waals surface area contributed by atoms with E-state index in [1.165, 1.54) is 17.3 Å². The largest absolute Gasteiger partial charge is 0.293 e. The number of pyridine rings is 1. The van der Waals surface area contributed by atoms with E-state index in [0.717, 1.165) is 25.0 Å². The van der Waals surface area contributed by atoms with Crippen LogP contribution in [0.3, 0.4) is 0 Å². The van der Waals surface area contributed by atoms with Crippen LogP contribution in [0.25, 0.3) is 0 Å². The van der Waals surface area contributed by atoms with Crippen molar-refractivity contribution in [2.45, 2.75) is 24.3 Å². The van der Waals surface area contributed by atoms with Crippen LogP contribution in [0.1, 0.15) is 33.6 Å². The summed E-state index contributed by atoms with van der Waals surface area (Å²) in [6.07, 6.45) is 3.04. The highest BCUT2D eigenvalue weighted by atomic mass is 35.5. The van der Waals surface area contributed by atoms with Gasteiger partial charge in [-0.15, -0.1) is 0 Å². The summed E-state index contributed by atoms with van der Waals surface area (Å²) in [5.41, 5.74) is 3.43. The Kier molecular flexibility index (Phi) is 4.47. The first-order valence-electron chi connectivity index (χ1n) is 7.02. The maximum atomic E-state index is 12.2. The summed E-state index contributed by atoms with van der Waals surface area (Å²) in [6.45, 7) is 0. The van der Waals surface area contributed by atoms with Crippen molar-refractivity contribution < 1.29 is 4.79 Å². The third kappa shape index (κ3) is 3.16. The summed E-state index contributed by atoms with van der Waals surface area (Å²) in [6, 6.07) is 10.9. The number of benzene rings is 1. The lowest BCUT2D eigenvalue weighted by molar-refractivity contribution is 0.102. The number of fused-ring (bicyclic) bond motifs is 1. The molecule has 0 unspecified atom stereocenters. The number of carbonyl (C=O) groups is 1. The topological polar surface area (TPSA) is 53.8 Å². The summed E-state index contributed by atoms with van der Waals surface area (Å²) in [7, 11) is 0. The number of nitrogens with zero attached hydrogens (tertiary/aromatic N) is 2. The van der Waals surface area contributed by atoms with Crippen LogP contribution >= 0.6 is 23.4 Å². The highest BCUT2D eigenvalue weighted by molar-refractivity contribution is 8.00. The molecule has 1 heterocycles. The minimum Gasteiger partial charge on any atom is -0.293 e. The third-order valence-electron chi connectivity index (χ3n) is 3.64. The number of hydrogen-bond donors (Lipinski definition) is 0. The number of aryl methyl sites for hydroxylation is 2. The fraction of sp³-hybridized carbons (Fsp3) is 0.235. The van der Waals surface area contributed by atoms with E-state index in [1.54, 1.807) is 24.3 Å². The standard InChI is InChI=1S/C17H13ClN2OS/c18-14-6-4-11(5-7-14)16(21)10-22-17-13(9-19)8-12-2-1-3-15(12)20-17/h4-8H,1-3,10H2. The molecular weight excluding hydrogens is 316 g/mol. The van der Waals surface area contributed by atoms with Crippen molar-refractivity contribution in [2.75, 3.05) is 5.75 Å². The molecule has 5 heteroatoms. The van der Waals surface area contributed by atoms with Gasteiger partial charge in [-0.25, -0.2) is 4.98 Å². The highest BCUT2D eigenvalue weighted by Gasteiger charge is 2.17. The molecule has 2 aromatic rings. The van der Waals surface area contributed by atoms with E-state index in [1.807, 2.05) is 6.07 Å². The fourth-order valence-corrected chi connectivity index (χ4v) is 3.49. The number of rotatable bonds is 4. The number of aromatic nitrogens is 1. The van der Waals surface area contributed by atoms with Crippen molar-refractivity contribution >= 4 is 29.1 Å². The number of halogens is 1. The van der Waals surface area contributed by atoms with Crippen LogP contribution in [0.15, 0.2) is 35.4 Å². The zero-order chi connectivity index (χ0) is 15.5. The Bertz CT molecular complexity index is 765. The van der Waals surface area contributed by atoms with Crippen LogP contribution in [0.5, 0.6) is 0 Å². The van der Waals surface area contributed by atoms with Crippen molar-refractivity contribution in [2.24, 2.45) is 0 Å². The Morgan fingerprint density at radius 3 is 2.82 bits per heavy atom. The molecule has 22 heavy (non-hydrogen) atoms. The van der Waals surface area contributed by atoms with E-state index in [4.69, 9.17) is 11.6 Å². The average molecular weight is 329 g/mol. The van der Waals surface area contributed by atoms with Crippen LogP contribution in [0.4, 0.5) is 0 Å². The Labute approximate surface area is 138 Å². The predicted molar refractivity (Wildman–Crippen MR) is 87.5 cm³/mol. The van der Waals surface area contributed by atoms with Crippen molar-refractivity contribution in [1.82, 2.24) is 4.98 Å². The van der Waals surface area contributed by atoms with Crippen LogP contribution < -0.4 is 0 Å². The molecule has 0 N–H and O–H groups in total. The van der Waals surface area contributed by atoms with Crippen molar-refractivity contribution in [3.63, 3.8) is 0 Å². The molecule has 0 aliphatic heterocycles.